The van der Waals surface area contributed by atoms with Gasteiger partial charge in [-0.25, -0.2) is 22.3 Å². The van der Waals surface area contributed by atoms with Crippen molar-refractivity contribution in [2.24, 2.45) is 5.14 Å². The van der Waals surface area contributed by atoms with E-state index in [1.165, 1.54) is 0 Å². The number of halogens is 3. The fourth-order valence-electron chi connectivity index (χ4n) is 0.937. The summed E-state index contributed by atoms with van der Waals surface area (Å²) in [6.45, 7) is 0. The molecule has 0 aliphatic rings. The van der Waals surface area contributed by atoms with E-state index in [2.05, 4.69) is 10.1 Å². The van der Waals surface area contributed by atoms with Crippen LogP contribution in [0.4, 0.5) is 19.0 Å². The summed E-state index contributed by atoms with van der Waals surface area (Å²) in [5, 5.41) is 13.7. The van der Waals surface area contributed by atoms with Crippen molar-refractivity contribution in [1.82, 2.24) is 4.98 Å². The van der Waals surface area contributed by atoms with Crippen LogP contribution in [-0.4, -0.2) is 18.3 Å². The Labute approximate surface area is 92.3 Å². The van der Waals surface area contributed by atoms with Crippen molar-refractivity contribution in [3.05, 3.63) is 27.6 Å². The topological polar surface area (TPSA) is 116 Å². The van der Waals surface area contributed by atoms with Crippen LogP contribution < -0.4 is 5.14 Å². The number of pyridine rings is 1. The molecule has 1 heterocycles. The third-order valence-electron chi connectivity index (χ3n) is 1.64. The maximum absolute atomic E-state index is 13.1. The highest BCUT2D eigenvalue weighted by molar-refractivity contribution is 7.89. The van der Waals surface area contributed by atoms with E-state index in [0.717, 1.165) is 0 Å². The largest absolute Gasteiger partial charge is 0.401 e. The van der Waals surface area contributed by atoms with Gasteiger partial charge in [-0.05, 0) is 9.91 Å². The zero-order valence-corrected chi connectivity index (χ0v) is 8.62. The molecule has 0 aliphatic heterocycles. The molecule has 1 rings (SSSR count). The average Bonchev–Trinajstić information content (AvgIpc) is 2.14. The summed E-state index contributed by atoms with van der Waals surface area (Å²) in [5.74, 6) is -3.51. The molecule has 0 saturated heterocycles. The third-order valence-corrected chi connectivity index (χ3v) is 2.44. The van der Waals surface area contributed by atoms with Gasteiger partial charge in [0.15, 0.2) is 0 Å². The van der Waals surface area contributed by atoms with E-state index in [1.54, 1.807) is 0 Å². The number of aromatic nitrogens is 1. The van der Waals surface area contributed by atoms with Gasteiger partial charge in [0.25, 0.3) is 21.5 Å². The van der Waals surface area contributed by atoms with E-state index in [1.807, 2.05) is 0 Å². The number of alkyl halides is 2. The van der Waals surface area contributed by atoms with Crippen LogP contribution in [0.2, 0.25) is 0 Å². The van der Waals surface area contributed by atoms with Crippen LogP contribution in [0.3, 0.4) is 0 Å². The summed E-state index contributed by atoms with van der Waals surface area (Å²) >= 11 is 0. The molecule has 1 aromatic rings. The zero-order valence-electron chi connectivity index (χ0n) is 7.80. The Morgan fingerprint density at radius 2 is 2.00 bits per heavy atom. The quantitative estimate of drug-likeness (QED) is 0.642. The minimum Gasteiger partial charge on any atom is -0.358 e. The number of hydrogen-bond acceptors (Lipinski definition) is 5. The second-order valence-electron chi connectivity index (χ2n) is 2.79. The number of nitrogens with two attached hydrogens (primary N) is 1. The second kappa shape index (κ2) is 4.25. The summed E-state index contributed by atoms with van der Waals surface area (Å²) in [4.78, 5) is 11.6. The molecule has 7 nitrogen and oxygen atoms in total. The number of nitrogens with zero attached hydrogens (tertiary/aromatic N) is 2. The van der Waals surface area contributed by atoms with Crippen molar-refractivity contribution in [3.8, 4) is 0 Å². The standard InChI is InChI=1S/C6H4F3N3O4S/c7-4-2(5(8)9)1-3(17(10,15)16)11-6(4)12(13)14/h1,5H,(H2,10,15,16). The molecule has 1 aromatic heterocycles. The van der Waals surface area contributed by atoms with Gasteiger partial charge in [-0.15, -0.1) is 0 Å². The summed E-state index contributed by atoms with van der Waals surface area (Å²) in [6, 6.07) is 0.155. The second-order valence-corrected chi connectivity index (χ2v) is 4.30. The van der Waals surface area contributed by atoms with E-state index in [-0.39, 0.29) is 6.07 Å². The molecule has 0 saturated carbocycles. The van der Waals surface area contributed by atoms with Gasteiger partial charge in [-0.2, -0.15) is 4.39 Å². The molecule has 0 atom stereocenters. The molecule has 0 fully saturated rings. The molecule has 0 aliphatic carbocycles. The fraction of sp³-hybridized carbons (Fsp3) is 0.167. The van der Waals surface area contributed by atoms with Crippen molar-refractivity contribution in [1.29, 1.82) is 0 Å². The van der Waals surface area contributed by atoms with E-state index < -0.39 is 43.6 Å². The summed E-state index contributed by atoms with van der Waals surface area (Å²) < 4.78 is 59.4. The van der Waals surface area contributed by atoms with E-state index in [4.69, 9.17) is 0 Å². The third kappa shape index (κ3) is 2.68. The Morgan fingerprint density at radius 3 is 2.35 bits per heavy atom. The van der Waals surface area contributed by atoms with Crippen molar-refractivity contribution in [2.75, 3.05) is 0 Å². The lowest BCUT2D eigenvalue weighted by molar-refractivity contribution is -0.392. The van der Waals surface area contributed by atoms with Crippen LogP contribution in [0.5, 0.6) is 0 Å². The highest BCUT2D eigenvalue weighted by Crippen LogP contribution is 2.28. The van der Waals surface area contributed by atoms with Gasteiger partial charge < -0.3 is 10.1 Å². The molecule has 0 spiro atoms. The van der Waals surface area contributed by atoms with Gasteiger partial charge in [0.05, 0.1) is 5.56 Å². The molecule has 0 amide bonds. The first kappa shape index (κ1) is 13.3. The van der Waals surface area contributed by atoms with Gasteiger partial charge >= 0.3 is 5.82 Å². The fourth-order valence-corrected chi connectivity index (χ4v) is 1.44. The lowest BCUT2D eigenvalue weighted by atomic mass is 10.2. The van der Waals surface area contributed by atoms with Crippen molar-refractivity contribution >= 4 is 15.8 Å². The molecule has 11 heteroatoms. The molecular weight excluding hydrogens is 267 g/mol. The first-order chi connectivity index (χ1) is 7.64. The van der Waals surface area contributed by atoms with Crippen LogP contribution in [0.1, 0.15) is 12.0 Å². The molecule has 0 aromatic carbocycles. The van der Waals surface area contributed by atoms with Gasteiger partial charge in [0, 0.05) is 6.07 Å². The summed E-state index contributed by atoms with van der Waals surface area (Å²) in [5.41, 5.74) is -1.45. The monoisotopic (exact) mass is 271 g/mol. The smallest absolute Gasteiger partial charge is 0.358 e. The number of primary sulfonamides is 1. The lowest BCUT2D eigenvalue weighted by Crippen LogP contribution is -2.16. The molecule has 0 radical (unpaired) electrons. The first-order valence-electron chi connectivity index (χ1n) is 3.80. The van der Waals surface area contributed by atoms with Gasteiger partial charge in [-0.1, -0.05) is 0 Å². The van der Waals surface area contributed by atoms with Crippen molar-refractivity contribution in [2.45, 2.75) is 11.5 Å². The summed E-state index contributed by atoms with van der Waals surface area (Å²) in [7, 11) is -4.55. The zero-order chi connectivity index (χ0) is 13.4. The van der Waals surface area contributed by atoms with Crippen LogP contribution in [0.25, 0.3) is 0 Å². The van der Waals surface area contributed by atoms with E-state index in [0.29, 0.717) is 0 Å². The normalized spacial score (nSPS) is 11.8. The predicted octanol–water partition coefficient (Wildman–Crippen LogP) is 0.714. The molecule has 2 N–H and O–H groups in total. The first-order valence-corrected chi connectivity index (χ1v) is 5.35. The Hall–Kier alpha value is -1.75. The van der Waals surface area contributed by atoms with Crippen LogP contribution in [-0.2, 0) is 10.0 Å². The Kier molecular flexibility index (Phi) is 3.33. The van der Waals surface area contributed by atoms with Gasteiger partial charge in [0.1, 0.15) is 0 Å². The maximum Gasteiger partial charge on any atom is 0.401 e. The number of sulfonamides is 1. The Balaban J connectivity index is 3.65. The van der Waals surface area contributed by atoms with E-state index in [9.17, 15) is 31.7 Å². The van der Waals surface area contributed by atoms with Crippen LogP contribution in [0, 0.1) is 15.9 Å². The van der Waals surface area contributed by atoms with Crippen LogP contribution >= 0.6 is 0 Å². The SMILES string of the molecule is NS(=O)(=O)c1cc(C(F)F)c(F)c([N+](=O)[O-])n1. The van der Waals surface area contributed by atoms with E-state index >= 15 is 0 Å². The Morgan fingerprint density at radius 1 is 1.47 bits per heavy atom. The highest BCUT2D eigenvalue weighted by Gasteiger charge is 2.30. The molecule has 0 unspecified atom stereocenters. The van der Waals surface area contributed by atoms with Gasteiger partial charge in [-0.3, -0.25) is 0 Å². The minimum atomic E-state index is -4.55. The molecule has 94 valence electrons. The molecule has 17 heavy (non-hydrogen) atoms. The van der Waals surface area contributed by atoms with Crippen molar-refractivity contribution < 1.29 is 26.5 Å². The number of hydrogen-bond donors (Lipinski definition) is 1. The maximum atomic E-state index is 13.1. The summed E-state index contributed by atoms with van der Waals surface area (Å²) in [6.07, 6.45) is -3.43. The number of rotatable bonds is 3. The minimum absolute atomic E-state index is 0.155. The van der Waals surface area contributed by atoms with Crippen molar-refractivity contribution in [3.63, 3.8) is 0 Å². The molecular formula is C6H4F3N3O4S. The molecule has 0 bridgehead atoms. The predicted molar refractivity (Wildman–Crippen MR) is 47.2 cm³/mol. The number of nitro groups is 1. The van der Waals surface area contributed by atoms with Crippen LogP contribution in [0.15, 0.2) is 11.1 Å². The highest BCUT2D eigenvalue weighted by atomic mass is 32.2. The lowest BCUT2D eigenvalue weighted by Gasteiger charge is -2.02. The average molecular weight is 271 g/mol. The van der Waals surface area contributed by atoms with Gasteiger partial charge in [0.2, 0.25) is 5.82 Å². The Bertz CT molecular complexity index is 574.